The number of aromatic nitrogens is 1. The molecule has 0 radical (unpaired) electrons. The third-order valence-corrected chi connectivity index (χ3v) is 1.78. The van der Waals surface area contributed by atoms with E-state index in [1.165, 1.54) is 6.20 Å². The Hall–Kier alpha value is -2.10. The number of nitrogens with two attached hydrogens (primary N) is 1. The van der Waals surface area contributed by atoms with Gasteiger partial charge in [-0.15, -0.1) is 0 Å². The van der Waals surface area contributed by atoms with Crippen LogP contribution < -0.4 is 10.5 Å². The highest BCUT2D eigenvalue weighted by atomic mass is 16.5. The highest BCUT2D eigenvalue weighted by Gasteiger charge is 2.00. The molecular weight excluding hydrogens is 180 g/mol. The molecular formula is C10H8N2O2. The van der Waals surface area contributed by atoms with Crippen LogP contribution in [0.2, 0.25) is 0 Å². The van der Waals surface area contributed by atoms with Gasteiger partial charge in [0.2, 0.25) is 0 Å². The van der Waals surface area contributed by atoms with Crippen LogP contribution in [0.1, 0.15) is 0 Å². The summed E-state index contributed by atoms with van der Waals surface area (Å²) in [4.78, 5) is 14.6. The molecule has 0 saturated carbocycles. The lowest BCUT2D eigenvalue weighted by molar-refractivity contribution is 0.211. The molecule has 2 aromatic rings. The van der Waals surface area contributed by atoms with E-state index in [-0.39, 0.29) is 0 Å². The van der Waals surface area contributed by atoms with Crippen molar-refractivity contribution in [2.45, 2.75) is 0 Å². The van der Waals surface area contributed by atoms with Crippen LogP contribution >= 0.6 is 0 Å². The summed E-state index contributed by atoms with van der Waals surface area (Å²) in [6.07, 6.45) is 0.634. The van der Waals surface area contributed by atoms with Gasteiger partial charge in [-0.05, 0) is 12.1 Å². The Kier molecular flexibility index (Phi) is 2.02. The second kappa shape index (κ2) is 3.33. The smallest absolute Gasteiger partial charge is 0.409 e. The number of benzene rings is 1. The fourth-order valence-corrected chi connectivity index (χ4v) is 1.22. The van der Waals surface area contributed by atoms with E-state index in [9.17, 15) is 4.79 Å². The van der Waals surface area contributed by atoms with Gasteiger partial charge in [-0.25, -0.2) is 4.79 Å². The average molecular weight is 188 g/mol. The molecule has 0 spiro atoms. The van der Waals surface area contributed by atoms with Crippen LogP contribution in [-0.2, 0) is 0 Å². The van der Waals surface area contributed by atoms with Gasteiger partial charge in [-0.1, -0.05) is 18.2 Å². The fourth-order valence-electron chi connectivity index (χ4n) is 1.22. The predicted octanol–water partition coefficient (Wildman–Crippen LogP) is 1.69. The molecule has 0 aliphatic heterocycles. The molecule has 0 fully saturated rings. The first-order valence-electron chi connectivity index (χ1n) is 4.08. The van der Waals surface area contributed by atoms with Crippen molar-refractivity contribution < 1.29 is 9.53 Å². The summed E-state index contributed by atoms with van der Waals surface area (Å²) >= 11 is 0. The summed E-state index contributed by atoms with van der Waals surface area (Å²) in [6.45, 7) is 0. The van der Waals surface area contributed by atoms with Crippen molar-refractivity contribution in [1.29, 1.82) is 0 Å². The van der Waals surface area contributed by atoms with Crippen LogP contribution in [-0.4, -0.2) is 11.1 Å². The van der Waals surface area contributed by atoms with Crippen molar-refractivity contribution in [3.63, 3.8) is 0 Å². The molecule has 2 rings (SSSR count). The fraction of sp³-hybridized carbons (Fsp3) is 0. The van der Waals surface area contributed by atoms with E-state index in [0.717, 1.165) is 10.9 Å². The lowest BCUT2D eigenvalue weighted by Gasteiger charge is -2.01. The Morgan fingerprint density at radius 2 is 2.14 bits per heavy atom. The third kappa shape index (κ3) is 1.64. The van der Waals surface area contributed by atoms with E-state index in [1.54, 1.807) is 6.07 Å². The molecule has 0 aliphatic rings. The van der Waals surface area contributed by atoms with E-state index in [2.05, 4.69) is 4.98 Å². The Labute approximate surface area is 80.3 Å². The SMILES string of the molecule is NC(=O)Oc1cnc2ccccc2c1. The largest absolute Gasteiger partial charge is 0.410 e. The van der Waals surface area contributed by atoms with E-state index in [0.29, 0.717) is 5.75 Å². The van der Waals surface area contributed by atoms with Crippen molar-refractivity contribution in [1.82, 2.24) is 4.98 Å². The quantitative estimate of drug-likeness (QED) is 0.740. The number of fused-ring (bicyclic) bond motifs is 1. The van der Waals surface area contributed by atoms with Crippen LogP contribution in [0.5, 0.6) is 5.75 Å². The van der Waals surface area contributed by atoms with Gasteiger partial charge in [0.05, 0.1) is 11.7 Å². The minimum absolute atomic E-state index is 0.358. The van der Waals surface area contributed by atoms with Crippen molar-refractivity contribution in [3.05, 3.63) is 36.5 Å². The summed E-state index contributed by atoms with van der Waals surface area (Å²) < 4.78 is 4.70. The van der Waals surface area contributed by atoms with Gasteiger partial charge in [0, 0.05) is 5.39 Å². The molecule has 14 heavy (non-hydrogen) atoms. The van der Waals surface area contributed by atoms with Gasteiger partial charge in [0.15, 0.2) is 5.75 Å². The topological polar surface area (TPSA) is 65.2 Å². The van der Waals surface area contributed by atoms with Crippen LogP contribution in [0.3, 0.4) is 0 Å². The number of hydrogen-bond acceptors (Lipinski definition) is 3. The first-order valence-corrected chi connectivity index (χ1v) is 4.08. The van der Waals surface area contributed by atoms with E-state index in [1.807, 2.05) is 24.3 Å². The molecule has 0 bridgehead atoms. The zero-order valence-corrected chi connectivity index (χ0v) is 7.31. The summed E-state index contributed by atoms with van der Waals surface area (Å²) in [5.41, 5.74) is 5.73. The highest BCUT2D eigenvalue weighted by Crippen LogP contribution is 2.17. The summed E-state index contributed by atoms with van der Waals surface area (Å²) in [5.74, 6) is 0.358. The standard InChI is InChI=1S/C10H8N2O2/c11-10(13)14-8-5-7-3-1-2-4-9(7)12-6-8/h1-6H,(H2,11,13). The molecule has 1 aromatic carbocycles. The zero-order chi connectivity index (χ0) is 9.97. The van der Waals surface area contributed by atoms with Gasteiger partial charge in [-0.3, -0.25) is 4.98 Å². The number of primary amides is 1. The number of carbonyl (C=O) groups excluding carboxylic acids is 1. The summed E-state index contributed by atoms with van der Waals surface area (Å²) in [5, 5.41) is 0.909. The molecule has 4 nitrogen and oxygen atoms in total. The normalized spacial score (nSPS) is 10.0. The zero-order valence-electron chi connectivity index (χ0n) is 7.31. The maximum absolute atomic E-state index is 10.5. The first-order chi connectivity index (χ1) is 6.75. The van der Waals surface area contributed by atoms with Crippen molar-refractivity contribution in [2.24, 2.45) is 5.73 Å². The lowest BCUT2D eigenvalue weighted by Crippen LogP contribution is -2.16. The van der Waals surface area contributed by atoms with E-state index in [4.69, 9.17) is 10.5 Å². The van der Waals surface area contributed by atoms with Gasteiger partial charge in [-0.2, -0.15) is 0 Å². The first kappa shape index (κ1) is 8.50. The van der Waals surface area contributed by atoms with Gasteiger partial charge in [0.25, 0.3) is 0 Å². The molecule has 1 aromatic heterocycles. The number of pyridine rings is 1. The maximum atomic E-state index is 10.5. The van der Waals surface area contributed by atoms with Crippen molar-refractivity contribution in [3.8, 4) is 5.75 Å². The molecule has 70 valence electrons. The second-order valence-corrected chi connectivity index (χ2v) is 2.78. The molecule has 0 aliphatic carbocycles. The van der Waals surface area contributed by atoms with Crippen LogP contribution in [0.25, 0.3) is 10.9 Å². The molecule has 1 heterocycles. The lowest BCUT2D eigenvalue weighted by atomic mass is 10.2. The Bertz CT molecular complexity index is 482. The maximum Gasteiger partial charge on any atom is 0.410 e. The van der Waals surface area contributed by atoms with Gasteiger partial charge >= 0.3 is 6.09 Å². The number of nitrogens with zero attached hydrogens (tertiary/aromatic N) is 1. The minimum Gasteiger partial charge on any atom is -0.409 e. The summed E-state index contributed by atoms with van der Waals surface area (Å²) in [6, 6.07) is 9.26. The summed E-state index contributed by atoms with van der Waals surface area (Å²) in [7, 11) is 0. The molecule has 1 amide bonds. The number of rotatable bonds is 1. The Morgan fingerprint density at radius 1 is 1.36 bits per heavy atom. The highest BCUT2D eigenvalue weighted by molar-refractivity contribution is 5.80. The number of amides is 1. The van der Waals surface area contributed by atoms with Gasteiger partial charge < -0.3 is 10.5 Å². The Balaban J connectivity index is 2.46. The van der Waals surface area contributed by atoms with E-state index < -0.39 is 6.09 Å². The van der Waals surface area contributed by atoms with Gasteiger partial charge in [0.1, 0.15) is 0 Å². The predicted molar refractivity (Wildman–Crippen MR) is 52.0 cm³/mol. The number of carbonyl (C=O) groups is 1. The monoisotopic (exact) mass is 188 g/mol. The second-order valence-electron chi connectivity index (χ2n) is 2.78. The van der Waals surface area contributed by atoms with Crippen LogP contribution in [0, 0.1) is 0 Å². The van der Waals surface area contributed by atoms with Crippen molar-refractivity contribution in [2.75, 3.05) is 0 Å². The minimum atomic E-state index is -0.831. The molecule has 4 heteroatoms. The number of ether oxygens (including phenoxy) is 1. The van der Waals surface area contributed by atoms with Crippen LogP contribution in [0.4, 0.5) is 4.79 Å². The van der Waals surface area contributed by atoms with E-state index >= 15 is 0 Å². The third-order valence-electron chi connectivity index (χ3n) is 1.78. The number of para-hydroxylation sites is 1. The Morgan fingerprint density at radius 3 is 2.93 bits per heavy atom. The average Bonchev–Trinajstić information content (AvgIpc) is 2.17. The van der Waals surface area contributed by atoms with Crippen molar-refractivity contribution >= 4 is 17.0 Å². The molecule has 0 saturated heterocycles. The molecule has 0 atom stereocenters. The molecule has 2 N–H and O–H groups in total. The van der Waals surface area contributed by atoms with Crippen LogP contribution in [0.15, 0.2) is 36.5 Å². The number of hydrogen-bond donors (Lipinski definition) is 1. The molecule has 0 unspecified atom stereocenters.